The molecule has 0 saturated heterocycles. The zero-order valence-electron chi connectivity index (χ0n) is 18.7. The first-order valence-electron chi connectivity index (χ1n) is 10.1. The van der Waals surface area contributed by atoms with Gasteiger partial charge in [0.2, 0.25) is 0 Å². The zero-order chi connectivity index (χ0) is 26.8. The predicted octanol–water partition coefficient (Wildman–Crippen LogP) is 4.52. The van der Waals surface area contributed by atoms with Crippen molar-refractivity contribution in [1.82, 2.24) is 10.7 Å². The van der Waals surface area contributed by atoms with Crippen molar-refractivity contribution < 1.29 is 33.1 Å². The van der Waals surface area contributed by atoms with Crippen LogP contribution in [0.15, 0.2) is 58.7 Å². The summed E-state index contributed by atoms with van der Waals surface area (Å²) in [5.74, 6) is -2.87. The van der Waals surface area contributed by atoms with Crippen LogP contribution in [0.25, 0.3) is 10.4 Å². The summed E-state index contributed by atoms with van der Waals surface area (Å²) in [6.07, 6.45) is -0.768. The molecule has 2 atom stereocenters. The van der Waals surface area contributed by atoms with Crippen LogP contribution in [-0.2, 0) is 11.0 Å². The molecule has 9 nitrogen and oxygen atoms in total. The maximum atomic E-state index is 12.8. The van der Waals surface area contributed by atoms with Gasteiger partial charge in [-0.3, -0.25) is 20.3 Å². The Labute approximate surface area is 211 Å². The van der Waals surface area contributed by atoms with Crippen LogP contribution in [0.1, 0.15) is 25.0 Å². The Morgan fingerprint density at radius 3 is 2.50 bits per heavy atom. The van der Waals surface area contributed by atoms with Crippen LogP contribution in [0.4, 0.5) is 13.2 Å². The van der Waals surface area contributed by atoms with Crippen molar-refractivity contribution in [3.63, 3.8) is 0 Å². The molecule has 2 aromatic rings. The van der Waals surface area contributed by atoms with Crippen LogP contribution < -0.4 is 10.7 Å². The number of benzene rings is 1. The van der Waals surface area contributed by atoms with Gasteiger partial charge in [0.1, 0.15) is 11.7 Å². The van der Waals surface area contributed by atoms with Gasteiger partial charge in [0.15, 0.2) is 5.11 Å². The number of hydrazone groups is 1. The van der Waals surface area contributed by atoms with Gasteiger partial charge in [-0.1, -0.05) is 18.2 Å². The molecule has 190 valence electrons. The molecule has 0 bridgehead atoms. The number of nitrogens with one attached hydrogen (secondary N) is 2. The van der Waals surface area contributed by atoms with E-state index in [0.29, 0.717) is 21.7 Å². The highest BCUT2D eigenvalue weighted by Crippen LogP contribution is 2.40. The number of rotatable bonds is 6. The van der Waals surface area contributed by atoms with Crippen molar-refractivity contribution >= 4 is 40.3 Å². The first-order valence-corrected chi connectivity index (χ1v) is 11.4. The van der Waals surface area contributed by atoms with Crippen molar-refractivity contribution in [1.29, 1.82) is 0 Å². The summed E-state index contributed by atoms with van der Waals surface area (Å²) in [4.78, 5) is 22.5. The summed E-state index contributed by atoms with van der Waals surface area (Å²) in [6, 6.07) is 4.39. The monoisotopic (exact) mass is 540 g/mol. The van der Waals surface area contributed by atoms with Crippen LogP contribution in [0.5, 0.6) is 5.75 Å². The van der Waals surface area contributed by atoms with Crippen molar-refractivity contribution in [3.05, 3.63) is 74.8 Å². The number of nitrogens with zero attached hydrogens (tertiary/aromatic N) is 2. The Balaban J connectivity index is 1.72. The fraction of sp³-hybridized carbons (Fsp3) is 0.227. The highest BCUT2D eigenvalue weighted by Gasteiger charge is 2.49. The lowest BCUT2D eigenvalue weighted by Crippen LogP contribution is -2.47. The third-order valence-corrected chi connectivity index (χ3v) is 6.63. The molecule has 1 aromatic heterocycles. The van der Waals surface area contributed by atoms with Gasteiger partial charge in [0, 0.05) is 29.0 Å². The van der Waals surface area contributed by atoms with Gasteiger partial charge in [0.25, 0.3) is 5.54 Å². The Morgan fingerprint density at radius 2 is 1.94 bits per heavy atom. The first-order chi connectivity index (χ1) is 16.7. The maximum Gasteiger partial charge on any atom is 0.416 e. The molecule has 1 aliphatic rings. The minimum atomic E-state index is -4.47. The number of carboxylic acid groups (broad SMARTS) is 1. The van der Waals surface area contributed by atoms with Crippen LogP contribution >= 0.6 is 23.6 Å². The molecular weight excluding hydrogens is 521 g/mol. The minimum absolute atomic E-state index is 0.0533. The van der Waals surface area contributed by atoms with Crippen molar-refractivity contribution in [2.24, 2.45) is 11.0 Å². The Bertz CT molecular complexity index is 1300. The molecule has 14 heteroatoms. The van der Waals surface area contributed by atoms with Gasteiger partial charge in [0.05, 0.1) is 21.7 Å². The van der Waals surface area contributed by atoms with E-state index < -0.39 is 34.1 Å². The first kappa shape index (κ1) is 26.8. The summed E-state index contributed by atoms with van der Waals surface area (Å²) in [5, 5.41) is 39.6. The highest BCUT2D eigenvalue weighted by molar-refractivity contribution is 7.80. The van der Waals surface area contributed by atoms with Gasteiger partial charge >= 0.3 is 12.1 Å². The number of hydrogen-bond donors (Lipinski definition) is 4. The second kappa shape index (κ2) is 10.1. The molecule has 2 unspecified atom stereocenters. The zero-order valence-corrected chi connectivity index (χ0v) is 20.3. The van der Waals surface area contributed by atoms with Crippen molar-refractivity contribution in [3.8, 4) is 16.2 Å². The van der Waals surface area contributed by atoms with E-state index in [4.69, 9.17) is 12.2 Å². The maximum absolute atomic E-state index is 12.8. The molecule has 36 heavy (non-hydrogen) atoms. The molecule has 1 aliphatic carbocycles. The standard InChI is InChI=1S/C22H19F3N4O5S2/c1-11(15-10-36-18(17(15)30)12-3-5-13(6-4-12)22(23,24)25)27-28-20(35)26-14-7-8-16(19(31)32)21(2,9-14)29(33)34/h3-10,16,30H,1-2H3,(H,31,32)(H2,26,28,35)/b27-11-. The summed E-state index contributed by atoms with van der Waals surface area (Å²) >= 11 is 6.26. The lowest BCUT2D eigenvalue weighted by Gasteiger charge is -2.26. The molecule has 1 heterocycles. The van der Waals surface area contributed by atoms with E-state index in [-0.39, 0.29) is 16.6 Å². The molecule has 0 radical (unpaired) electrons. The fourth-order valence-corrected chi connectivity index (χ4v) is 4.58. The molecule has 3 rings (SSSR count). The average molecular weight is 541 g/mol. The number of halogens is 3. The second-order valence-corrected chi connectivity index (χ2v) is 9.21. The second-order valence-electron chi connectivity index (χ2n) is 7.92. The van der Waals surface area contributed by atoms with Gasteiger partial charge in [-0.05, 0) is 42.9 Å². The van der Waals surface area contributed by atoms with E-state index in [2.05, 4.69) is 15.8 Å². The summed E-state index contributed by atoms with van der Waals surface area (Å²) in [7, 11) is 0. The number of hydrogen-bond acceptors (Lipinski definition) is 7. The Morgan fingerprint density at radius 1 is 1.31 bits per heavy atom. The SMILES string of the molecule is C/C(=N/NC(=S)NC1=CC(C)([N+](=O)[O-])C(C(=O)O)C=C1)c1csc(-c2ccc(C(F)(F)F)cc2)c1O. The van der Waals surface area contributed by atoms with Gasteiger partial charge in [-0.15, -0.1) is 11.3 Å². The predicted molar refractivity (Wildman–Crippen MR) is 131 cm³/mol. The number of carbonyl (C=O) groups is 1. The number of nitro groups is 1. The lowest BCUT2D eigenvalue weighted by molar-refractivity contribution is -0.556. The number of thiophene rings is 1. The van der Waals surface area contributed by atoms with Crippen LogP contribution in [0.3, 0.4) is 0 Å². The normalized spacial score (nSPS) is 20.0. The van der Waals surface area contributed by atoms with E-state index in [1.165, 1.54) is 31.2 Å². The molecular formula is C22H19F3N4O5S2. The van der Waals surface area contributed by atoms with Crippen LogP contribution in [0, 0.1) is 16.0 Å². The lowest BCUT2D eigenvalue weighted by atomic mass is 9.82. The molecule has 0 spiro atoms. The molecule has 0 aliphatic heterocycles. The Kier molecular flexibility index (Phi) is 7.50. The number of aliphatic carboxylic acids is 1. The largest absolute Gasteiger partial charge is 0.506 e. The van der Waals surface area contributed by atoms with E-state index in [0.717, 1.165) is 29.5 Å². The van der Waals surface area contributed by atoms with E-state index >= 15 is 0 Å². The number of thiocarbonyl (C=S) groups is 1. The van der Waals surface area contributed by atoms with E-state index in [9.17, 15) is 38.3 Å². The number of carboxylic acids is 1. The quantitative estimate of drug-likeness (QED) is 0.182. The molecule has 0 saturated carbocycles. The van der Waals surface area contributed by atoms with Gasteiger partial charge in [-0.25, -0.2) is 0 Å². The Hall–Kier alpha value is -3.78. The van der Waals surface area contributed by atoms with Crippen LogP contribution in [-0.4, -0.2) is 37.5 Å². The number of aromatic hydroxyl groups is 1. The molecule has 4 N–H and O–H groups in total. The third-order valence-electron chi connectivity index (χ3n) is 5.42. The van der Waals surface area contributed by atoms with E-state index in [1.807, 2.05) is 0 Å². The van der Waals surface area contributed by atoms with E-state index in [1.54, 1.807) is 12.3 Å². The fourth-order valence-electron chi connectivity index (χ4n) is 3.40. The summed E-state index contributed by atoms with van der Waals surface area (Å²) in [6.45, 7) is 2.75. The molecule has 0 fully saturated rings. The molecule has 0 amide bonds. The highest BCUT2D eigenvalue weighted by atomic mass is 32.1. The number of allylic oxidation sites excluding steroid dienone is 1. The summed E-state index contributed by atoms with van der Waals surface area (Å²) < 4.78 is 38.4. The van der Waals surface area contributed by atoms with Crippen LogP contribution in [0.2, 0.25) is 0 Å². The summed E-state index contributed by atoms with van der Waals surface area (Å²) in [5.41, 5.74) is 1.07. The van der Waals surface area contributed by atoms with Gasteiger partial charge in [-0.2, -0.15) is 18.3 Å². The topological polar surface area (TPSA) is 137 Å². The van der Waals surface area contributed by atoms with Crippen molar-refractivity contribution in [2.75, 3.05) is 0 Å². The smallest absolute Gasteiger partial charge is 0.416 e. The minimum Gasteiger partial charge on any atom is -0.506 e. The average Bonchev–Trinajstić information content (AvgIpc) is 3.18. The number of alkyl halides is 3. The molecule has 1 aromatic carbocycles. The van der Waals surface area contributed by atoms with Gasteiger partial charge < -0.3 is 15.5 Å². The van der Waals surface area contributed by atoms with Crippen molar-refractivity contribution in [2.45, 2.75) is 25.6 Å². The third kappa shape index (κ3) is 5.54.